The summed E-state index contributed by atoms with van der Waals surface area (Å²) in [7, 11) is 3.94. The van der Waals surface area contributed by atoms with Crippen LogP contribution in [0.15, 0.2) is 18.3 Å². The molecule has 2 aromatic rings. The predicted molar refractivity (Wildman–Crippen MR) is 65.9 cm³/mol. The molecule has 0 aliphatic carbocycles. The van der Waals surface area contributed by atoms with Crippen LogP contribution >= 0.6 is 0 Å². The number of amides is 1. The van der Waals surface area contributed by atoms with E-state index in [-0.39, 0.29) is 0 Å². The van der Waals surface area contributed by atoms with Crippen molar-refractivity contribution in [2.24, 2.45) is 5.73 Å². The number of aryl methyl sites for hydroxylation is 1. The molecule has 1 amide bonds. The molecule has 0 aliphatic heterocycles. The Kier molecular flexibility index (Phi) is 2.34. The first-order valence-corrected chi connectivity index (χ1v) is 5.10. The van der Waals surface area contributed by atoms with Gasteiger partial charge >= 0.3 is 0 Å². The van der Waals surface area contributed by atoms with Gasteiger partial charge in [0.1, 0.15) is 0 Å². The predicted octanol–water partition coefficient (Wildman–Crippen LogP) is 1.64. The number of fused-ring (bicyclic) bond motifs is 1. The molecule has 0 atom stereocenters. The Balaban J connectivity index is 2.83. The zero-order valence-electron chi connectivity index (χ0n) is 9.66. The number of primary amides is 1. The fourth-order valence-corrected chi connectivity index (χ4v) is 1.96. The molecule has 4 nitrogen and oxygen atoms in total. The summed E-state index contributed by atoms with van der Waals surface area (Å²) >= 11 is 0. The van der Waals surface area contributed by atoms with E-state index in [9.17, 15) is 4.79 Å². The number of nitrogens with zero attached hydrogens (tertiary/aromatic N) is 1. The second kappa shape index (κ2) is 3.56. The van der Waals surface area contributed by atoms with Crippen LogP contribution in [0.4, 0.5) is 5.69 Å². The highest BCUT2D eigenvalue weighted by Gasteiger charge is 2.13. The van der Waals surface area contributed by atoms with E-state index in [1.54, 1.807) is 6.07 Å². The van der Waals surface area contributed by atoms with Gasteiger partial charge in [-0.05, 0) is 18.6 Å². The number of H-pyrrole nitrogens is 1. The summed E-state index contributed by atoms with van der Waals surface area (Å²) in [6.45, 7) is 2.02. The van der Waals surface area contributed by atoms with Crippen LogP contribution in [0.2, 0.25) is 0 Å². The van der Waals surface area contributed by atoms with E-state index in [2.05, 4.69) is 4.98 Å². The third kappa shape index (κ3) is 1.43. The van der Waals surface area contributed by atoms with Crippen LogP contribution in [-0.2, 0) is 0 Å². The van der Waals surface area contributed by atoms with E-state index < -0.39 is 5.91 Å². The lowest BCUT2D eigenvalue weighted by Gasteiger charge is -2.12. The molecule has 1 heterocycles. The third-order valence-electron chi connectivity index (χ3n) is 2.77. The zero-order valence-corrected chi connectivity index (χ0v) is 9.66. The molecule has 0 radical (unpaired) electrons. The summed E-state index contributed by atoms with van der Waals surface area (Å²) in [4.78, 5) is 16.4. The second-order valence-electron chi connectivity index (χ2n) is 4.11. The minimum Gasteiger partial charge on any atom is -0.376 e. The molecular formula is C12H15N3O. The Labute approximate surface area is 94.0 Å². The lowest BCUT2D eigenvalue weighted by atomic mass is 10.1. The van der Waals surface area contributed by atoms with Gasteiger partial charge in [-0.1, -0.05) is 6.07 Å². The van der Waals surface area contributed by atoms with Crippen molar-refractivity contribution in [3.63, 3.8) is 0 Å². The minimum absolute atomic E-state index is 0.405. The summed E-state index contributed by atoms with van der Waals surface area (Å²) in [6, 6.07) is 3.68. The van der Waals surface area contributed by atoms with Gasteiger partial charge in [0, 0.05) is 25.7 Å². The highest BCUT2D eigenvalue weighted by atomic mass is 16.1. The average Bonchev–Trinajstić information content (AvgIpc) is 2.62. The highest BCUT2D eigenvalue weighted by Crippen LogP contribution is 2.30. The van der Waals surface area contributed by atoms with Crippen molar-refractivity contribution in [1.29, 1.82) is 0 Å². The van der Waals surface area contributed by atoms with E-state index >= 15 is 0 Å². The van der Waals surface area contributed by atoms with Crippen LogP contribution in [-0.4, -0.2) is 25.0 Å². The Bertz CT molecular complexity index is 555. The Morgan fingerprint density at radius 2 is 2.06 bits per heavy atom. The number of nitrogens with one attached hydrogen (secondary N) is 1. The number of hydrogen-bond donors (Lipinski definition) is 2. The highest BCUT2D eigenvalue weighted by molar-refractivity contribution is 6.09. The monoisotopic (exact) mass is 217 g/mol. The fraction of sp³-hybridized carbons (Fsp3) is 0.250. The van der Waals surface area contributed by atoms with Crippen LogP contribution in [0.3, 0.4) is 0 Å². The average molecular weight is 217 g/mol. The normalized spacial score (nSPS) is 10.7. The smallest absolute Gasteiger partial charge is 0.250 e. The number of aromatic amines is 1. The second-order valence-corrected chi connectivity index (χ2v) is 4.11. The molecule has 84 valence electrons. The Morgan fingerprint density at radius 1 is 1.38 bits per heavy atom. The largest absolute Gasteiger partial charge is 0.376 e. The van der Waals surface area contributed by atoms with Crippen LogP contribution in [0, 0.1) is 6.92 Å². The van der Waals surface area contributed by atoms with Crippen LogP contribution in [0.5, 0.6) is 0 Å². The van der Waals surface area contributed by atoms with Crippen molar-refractivity contribution in [1.82, 2.24) is 4.98 Å². The minimum atomic E-state index is -0.405. The molecule has 0 fully saturated rings. The molecule has 1 aromatic carbocycles. The van der Waals surface area contributed by atoms with Gasteiger partial charge in [0.2, 0.25) is 0 Å². The quantitative estimate of drug-likeness (QED) is 0.803. The first-order chi connectivity index (χ1) is 7.52. The van der Waals surface area contributed by atoms with Gasteiger partial charge in [-0.25, -0.2) is 0 Å². The zero-order chi connectivity index (χ0) is 11.9. The molecule has 0 bridgehead atoms. The molecule has 1 aromatic heterocycles. The molecule has 2 rings (SSSR count). The maximum atomic E-state index is 11.3. The molecule has 0 saturated heterocycles. The number of rotatable bonds is 2. The van der Waals surface area contributed by atoms with Crippen LogP contribution < -0.4 is 10.6 Å². The van der Waals surface area contributed by atoms with Crippen molar-refractivity contribution in [3.05, 3.63) is 29.5 Å². The molecule has 0 aliphatic rings. The first kappa shape index (κ1) is 10.5. The number of anilines is 1. The molecular weight excluding hydrogens is 202 g/mol. The number of carbonyl (C=O) groups is 1. The Morgan fingerprint density at radius 3 is 2.62 bits per heavy atom. The van der Waals surface area contributed by atoms with Crippen molar-refractivity contribution in [2.45, 2.75) is 6.92 Å². The van der Waals surface area contributed by atoms with E-state index in [1.165, 1.54) is 0 Å². The van der Waals surface area contributed by atoms with E-state index in [0.717, 1.165) is 22.2 Å². The fourth-order valence-electron chi connectivity index (χ4n) is 1.96. The van der Waals surface area contributed by atoms with Crippen molar-refractivity contribution >= 4 is 22.5 Å². The Hall–Kier alpha value is -1.97. The lowest BCUT2D eigenvalue weighted by Crippen LogP contribution is -2.12. The number of carbonyl (C=O) groups excluding carboxylic acids is 1. The number of benzene rings is 1. The summed E-state index contributed by atoms with van der Waals surface area (Å²) < 4.78 is 0. The number of nitrogens with two attached hydrogens (primary N) is 1. The summed E-state index contributed by atoms with van der Waals surface area (Å²) in [5.41, 5.74) is 8.89. The van der Waals surface area contributed by atoms with Gasteiger partial charge in [-0.2, -0.15) is 0 Å². The third-order valence-corrected chi connectivity index (χ3v) is 2.77. The van der Waals surface area contributed by atoms with Gasteiger partial charge < -0.3 is 15.6 Å². The first-order valence-electron chi connectivity index (χ1n) is 5.10. The van der Waals surface area contributed by atoms with Gasteiger partial charge in [-0.3, -0.25) is 4.79 Å². The maximum absolute atomic E-state index is 11.3. The van der Waals surface area contributed by atoms with Crippen LogP contribution in [0.25, 0.3) is 10.9 Å². The van der Waals surface area contributed by atoms with Gasteiger partial charge in [0.05, 0.1) is 16.8 Å². The number of hydrogen-bond acceptors (Lipinski definition) is 2. The van der Waals surface area contributed by atoms with Crippen molar-refractivity contribution in [3.8, 4) is 0 Å². The molecule has 0 unspecified atom stereocenters. The van der Waals surface area contributed by atoms with E-state index in [1.807, 2.05) is 38.2 Å². The molecule has 0 spiro atoms. The summed E-state index contributed by atoms with van der Waals surface area (Å²) in [6.07, 6.45) is 1.89. The summed E-state index contributed by atoms with van der Waals surface area (Å²) in [5.74, 6) is -0.405. The molecule has 16 heavy (non-hydrogen) atoms. The van der Waals surface area contributed by atoms with E-state index in [4.69, 9.17) is 5.73 Å². The summed E-state index contributed by atoms with van der Waals surface area (Å²) in [5, 5.41) is 1.06. The SMILES string of the molecule is Cc1ccc(C(N)=O)c2[nH]cc(N(C)C)c12. The van der Waals surface area contributed by atoms with Crippen molar-refractivity contribution < 1.29 is 4.79 Å². The number of aromatic nitrogens is 1. The topological polar surface area (TPSA) is 62.1 Å². The van der Waals surface area contributed by atoms with Crippen LogP contribution in [0.1, 0.15) is 15.9 Å². The molecule has 4 heteroatoms. The van der Waals surface area contributed by atoms with Crippen molar-refractivity contribution in [2.75, 3.05) is 19.0 Å². The van der Waals surface area contributed by atoms with Gasteiger partial charge in [0.25, 0.3) is 5.91 Å². The molecule has 3 N–H and O–H groups in total. The standard InChI is InChI=1S/C12H15N3O/c1-7-4-5-8(12(13)16)11-10(7)9(6-14-11)15(2)3/h4-6,14H,1-3H3,(H2,13,16). The van der Waals surface area contributed by atoms with Gasteiger partial charge in [0.15, 0.2) is 0 Å². The maximum Gasteiger partial charge on any atom is 0.250 e. The molecule has 0 saturated carbocycles. The lowest BCUT2D eigenvalue weighted by molar-refractivity contribution is 0.100. The van der Waals surface area contributed by atoms with E-state index in [0.29, 0.717) is 5.56 Å². The van der Waals surface area contributed by atoms with Gasteiger partial charge in [-0.15, -0.1) is 0 Å².